The Balaban J connectivity index is 1.74. The van der Waals surface area contributed by atoms with Gasteiger partial charge in [0, 0.05) is 6.42 Å². The summed E-state index contributed by atoms with van der Waals surface area (Å²) >= 11 is 0. The van der Waals surface area contributed by atoms with Crippen LogP contribution in [0, 0.1) is 0 Å². The number of esters is 1. The van der Waals surface area contributed by atoms with Crippen molar-refractivity contribution in [3.05, 3.63) is 0 Å². The summed E-state index contributed by atoms with van der Waals surface area (Å²) < 4.78 is 15.1. The van der Waals surface area contributed by atoms with Crippen molar-refractivity contribution in [1.82, 2.24) is 0 Å². The lowest BCUT2D eigenvalue weighted by Gasteiger charge is -2.06. The molecule has 0 spiro atoms. The van der Waals surface area contributed by atoms with Crippen LogP contribution in [0.3, 0.4) is 0 Å². The number of ether oxygens (including phenoxy) is 3. The van der Waals surface area contributed by atoms with Crippen LogP contribution in [0.5, 0.6) is 0 Å². The van der Waals surface area contributed by atoms with E-state index in [1.54, 1.807) is 0 Å². The third kappa shape index (κ3) is 7.67. The van der Waals surface area contributed by atoms with E-state index in [0.29, 0.717) is 19.3 Å². The number of rotatable bonds is 10. The molecule has 106 valence electrons. The van der Waals surface area contributed by atoms with E-state index in [1.165, 1.54) is 39.2 Å². The van der Waals surface area contributed by atoms with Crippen molar-refractivity contribution >= 4 is 5.97 Å². The van der Waals surface area contributed by atoms with Gasteiger partial charge < -0.3 is 14.2 Å². The zero-order valence-electron chi connectivity index (χ0n) is 11.5. The van der Waals surface area contributed by atoms with Gasteiger partial charge in [-0.1, -0.05) is 38.5 Å². The van der Waals surface area contributed by atoms with Gasteiger partial charge >= 0.3 is 5.97 Å². The molecule has 0 aromatic heterocycles. The summed E-state index contributed by atoms with van der Waals surface area (Å²) in [6.07, 6.45) is 10.4. The third-order valence-electron chi connectivity index (χ3n) is 3.33. The van der Waals surface area contributed by atoms with Crippen LogP contribution in [-0.4, -0.2) is 32.6 Å². The molecule has 0 N–H and O–H groups in total. The molecule has 0 amide bonds. The summed E-state index contributed by atoms with van der Waals surface area (Å²) in [6.45, 7) is 1.25. The molecule has 1 rings (SSSR count). The Labute approximate surface area is 110 Å². The molecule has 1 aliphatic heterocycles. The third-order valence-corrected chi connectivity index (χ3v) is 3.33. The van der Waals surface area contributed by atoms with Gasteiger partial charge in [0.05, 0.1) is 19.8 Å². The molecule has 1 unspecified atom stereocenters. The summed E-state index contributed by atoms with van der Waals surface area (Å²) in [5.41, 5.74) is 0. The van der Waals surface area contributed by atoms with Gasteiger partial charge in [0.2, 0.25) is 0 Å². The van der Waals surface area contributed by atoms with Crippen LogP contribution in [0.4, 0.5) is 0 Å². The highest BCUT2D eigenvalue weighted by Crippen LogP contribution is 2.14. The minimum absolute atomic E-state index is 0.0891. The molecular formula is C14H26O4. The van der Waals surface area contributed by atoms with Crippen molar-refractivity contribution in [2.45, 2.75) is 63.9 Å². The first-order valence-corrected chi connectivity index (χ1v) is 7.09. The summed E-state index contributed by atoms with van der Waals surface area (Å²) in [5, 5.41) is 0. The van der Waals surface area contributed by atoms with Gasteiger partial charge in [0.25, 0.3) is 0 Å². The largest absolute Gasteiger partial charge is 0.469 e. The van der Waals surface area contributed by atoms with E-state index >= 15 is 0 Å². The molecule has 1 atom stereocenters. The van der Waals surface area contributed by atoms with Gasteiger partial charge in [-0.15, -0.1) is 0 Å². The van der Waals surface area contributed by atoms with Crippen LogP contribution in [0.25, 0.3) is 0 Å². The Hall–Kier alpha value is -0.610. The fraction of sp³-hybridized carbons (Fsp3) is 0.929. The SMILES string of the molecule is COC(=O)CCCCCCCCCC1COCO1. The Bertz CT molecular complexity index is 212. The summed E-state index contributed by atoms with van der Waals surface area (Å²) in [6, 6.07) is 0. The summed E-state index contributed by atoms with van der Waals surface area (Å²) in [5.74, 6) is -0.0891. The van der Waals surface area contributed by atoms with Crippen molar-refractivity contribution in [2.24, 2.45) is 0 Å². The zero-order chi connectivity index (χ0) is 13.1. The Morgan fingerprint density at radius 1 is 1.11 bits per heavy atom. The van der Waals surface area contributed by atoms with E-state index < -0.39 is 0 Å². The number of hydrogen-bond acceptors (Lipinski definition) is 4. The fourth-order valence-corrected chi connectivity index (χ4v) is 2.17. The second-order valence-corrected chi connectivity index (χ2v) is 4.87. The van der Waals surface area contributed by atoms with E-state index in [1.807, 2.05) is 0 Å². The van der Waals surface area contributed by atoms with Crippen molar-refractivity contribution < 1.29 is 19.0 Å². The highest BCUT2D eigenvalue weighted by Gasteiger charge is 2.14. The molecule has 18 heavy (non-hydrogen) atoms. The molecule has 0 aromatic carbocycles. The first-order valence-electron chi connectivity index (χ1n) is 7.09. The van der Waals surface area contributed by atoms with Gasteiger partial charge in [-0.3, -0.25) is 4.79 Å². The minimum Gasteiger partial charge on any atom is -0.469 e. The molecule has 1 heterocycles. The number of carbonyl (C=O) groups is 1. The maximum absolute atomic E-state index is 10.9. The molecular weight excluding hydrogens is 232 g/mol. The van der Waals surface area contributed by atoms with Gasteiger partial charge in [0.1, 0.15) is 6.79 Å². The van der Waals surface area contributed by atoms with Crippen LogP contribution in [0.1, 0.15) is 57.8 Å². The van der Waals surface area contributed by atoms with Crippen molar-refractivity contribution in [3.63, 3.8) is 0 Å². The van der Waals surface area contributed by atoms with E-state index in [4.69, 9.17) is 9.47 Å². The van der Waals surface area contributed by atoms with Crippen molar-refractivity contribution in [1.29, 1.82) is 0 Å². The normalized spacial score (nSPS) is 19.1. The first kappa shape index (κ1) is 15.4. The number of carbonyl (C=O) groups excluding carboxylic acids is 1. The number of hydrogen-bond donors (Lipinski definition) is 0. The zero-order valence-corrected chi connectivity index (χ0v) is 11.5. The molecule has 0 bridgehead atoms. The summed E-state index contributed by atoms with van der Waals surface area (Å²) in [7, 11) is 1.45. The Morgan fingerprint density at radius 2 is 1.78 bits per heavy atom. The lowest BCUT2D eigenvalue weighted by molar-refractivity contribution is -0.140. The molecule has 1 aliphatic rings. The Morgan fingerprint density at radius 3 is 2.39 bits per heavy atom. The standard InChI is InChI=1S/C14H26O4/c1-16-14(15)10-8-6-4-2-3-5-7-9-13-11-17-12-18-13/h13H,2-12H2,1H3. The average Bonchev–Trinajstić information content (AvgIpc) is 2.89. The van der Waals surface area contributed by atoms with Crippen LogP contribution >= 0.6 is 0 Å². The Kier molecular flexibility index (Phi) is 8.86. The van der Waals surface area contributed by atoms with Crippen LogP contribution in [0.2, 0.25) is 0 Å². The predicted octanol–water partition coefficient (Wildman–Crippen LogP) is 3.04. The molecule has 0 aliphatic carbocycles. The number of unbranched alkanes of at least 4 members (excludes halogenated alkanes) is 6. The molecule has 0 aromatic rings. The van der Waals surface area contributed by atoms with Crippen LogP contribution in [-0.2, 0) is 19.0 Å². The van der Waals surface area contributed by atoms with E-state index in [0.717, 1.165) is 25.9 Å². The monoisotopic (exact) mass is 258 g/mol. The highest BCUT2D eigenvalue weighted by molar-refractivity contribution is 5.68. The molecule has 0 radical (unpaired) electrons. The first-order chi connectivity index (χ1) is 8.83. The van der Waals surface area contributed by atoms with Crippen molar-refractivity contribution in [3.8, 4) is 0 Å². The molecule has 4 nitrogen and oxygen atoms in total. The van der Waals surface area contributed by atoms with E-state index in [2.05, 4.69) is 4.74 Å². The fourth-order valence-electron chi connectivity index (χ4n) is 2.17. The van der Waals surface area contributed by atoms with E-state index in [-0.39, 0.29) is 5.97 Å². The highest BCUT2D eigenvalue weighted by atomic mass is 16.7. The van der Waals surface area contributed by atoms with Crippen LogP contribution in [0.15, 0.2) is 0 Å². The maximum atomic E-state index is 10.9. The van der Waals surface area contributed by atoms with Gasteiger partial charge in [-0.05, 0) is 12.8 Å². The van der Waals surface area contributed by atoms with Gasteiger partial charge in [-0.2, -0.15) is 0 Å². The van der Waals surface area contributed by atoms with Gasteiger partial charge in [0.15, 0.2) is 0 Å². The quantitative estimate of drug-likeness (QED) is 0.446. The smallest absolute Gasteiger partial charge is 0.305 e. The second kappa shape index (κ2) is 10.3. The summed E-state index contributed by atoms with van der Waals surface area (Å²) in [4.78, 5) is 10.9. The molecule has 4 heteroatoms. The predicted molar refractivity (Wildman–Crippen MR) is 69.3 cm³/mol. The number of methoxy groups -OCH3 is 1. The lowest BCUT2D eigenvalue weighted by Crippen LogP contribution is -2.08. The lowest BCUT2D eigenvalue weighted by atomic mass is 10.1. The second-order valence-electron chi connectivity index (χ2n) is 4.87. The molecule has 1 saturated heterocycles. The topological polar surface area (TPSA) is 44.8 Å². The maximum Gasteiger partial charge on any atom is 0.305 e. The van der Waals surface area contributed by atoms with Crippen LogP contribution < -0.4 is 0 Å². The molecule has 1 fully saturated rings. The average molecular weight is 258 g/mol. The van der Waals surface area contributed by atoms with Crippen molar-refractivity contribution in [2.75, 3.05) is 20.5 Å². The van der Waals surface area contributed by atoms with E-state index in [9.17, 15) is 4.79 Å². The molecule has 0 saturated carbocycles. The van der Waals surface area contributed by atoms with Gasteiger partial charge in [-0.25, -0.2) is 0 Å². The minimum atomic E-state index is -0.0891.